The van der Waals surface area contributed by atoms with Gasteiger partial charge in [0.25, 0.3) is 0 Å². The van der Waals surface area contributed by atoms with Crippen LogP contribution in [0.1, 0.15) is 60.9 Å². The van der Waals surface area contributed by atoms with Crippen LogP contribution in [0, 0.1) is 6.92 Å². The number of carbonyl (C=O) groups excluding carboxylic acids is 1. The molecule has 25 heavy (non-hydrogen) atoms. The molecule has 0 aromatic carbocycles. The largest absolute Gasteiger partial charge is 0.334 e. The van der Waals surface area contributed by atoms with Crippen LogP contribution in [0.5, 0.6) is 0 Å². The minimum atomic E-state index is 0.0373. The summed E-state index contributed by atoms with van der Waals surface area (Å²) < 4.78 is 1.92. The molecule has 0 aliphatic heterocycles. The van der Waals surface area contributed by atoms with E-state index in [0.29, 0.717) is 25.2 Å². The highest BCUT2D eigenvalue weighted by atomic mass is 32.1. The highest BCUT2D eigenvalue weighted by molar-refractivity contribution is 7.11. The van der Waals surface area contributed by atoms with Crippen molar-refractivity contribution in [2.75, 3.05) is 0 Å². The van der Waals surface area contributed by atoms with Gasteiger partial charge < -0.3 is 10.2 Å². The lowest BCUT2D eigenvalue weighted by atomic mass is 10.2. The van der Waals surface area contributed by atoms with Crippen LogP contribution in [0.25, 0.3) is 0 Å². The number of urea groups is 1. The van der Waals surface area contributed by atoms with E-state index < -0.39 is 0 Å². The Morgan fingerprint density at radius 1 is 1.40 bits per heavy atom. The second kappa shape index (κ2) is 8.04. The zero-order valence-electron chi connectivity index (χ0n) is 15.4. The van der Waals surface area contributed by atoms with Crippen LogP contribution < -0.4 is 5.32 Å². The summed E-state index contributed by atoms with van der Waals surface area (Å²) in [5, 5.41) is 7.43. The molecule has 5 nitrogen and oxygen atoms in total. The average molecular weight is 361 g/mol. The van der Waals surface area contributed by atoms with Crippen molar-refractivity contribution in [3.63, 3.8) is 0 Å². The lowest BCUT2D eigenvalue weighted by Crippen LogP contribution is -2.44. The van der Waals surface area contributed by atoms with Gasteiger partial charge in [-0.3, -0.25) is 4.68 Å². The number of aromatic nitrogens is 2. The molecule has 2 aromatic rings. The third-order valence-corrected chi connectivity index (χ3v) is 5.76. The Morgan fingerprint density at radius 2 is 2.16 bits per heavy atom. The number of nitrogens with one attached hydrogen (secondary N) is 1. The van der Waals surface area contributed by atoms with E-state index in [1.165, 1.54) is 22.6 Å². The summed E-state index contributed by atoms with van der Waals surface area (Å²) in [6.07, 6.45) is 8.51. The van der Waals surface area contributed by atoms with Crippen LogP contribution in [0.15, 0.2) is 24.5 Å². The lowest BCUT2D eigenvalue weighted by Gasteiger charge is -2.28. The maximum atomic E-state index is 12.8. The van der Waals surface area contributed by atoms with Crippen molar-refractivity contribution in [3.05, 3.63) is 39.8 Å². The molecule has 136 valence electrons. The molecule has 2 aromatic heterocycles. The van der Waals surface area contributed by atoms with Gasteiger partial charge in [-0.05, 0) is 45.7 Å². The molecule has 6 heteroatoms. The van der Waals surface area contributed by atoms with Gasteiger partial charge in [0, 0.05) is 40.1 Å². The van der Waals surface area contributed by atoms with Gasteiger partial charge in [-0.1, -0.05) is 12.8 Å². The first-order valence-electron chi connectivity index (χ1n) is 9.15. The highest BCUT2D eigenvalue weighted by Crippen LogP contribution is 2.27. The molecule has 1 fully saturated rings. The van der Waals surface area contributed by atoms with Crippen LogP contribution in [0.3, 0.4) is 0 Å². The summed E-state index contributed by atoms with van der Waals surface area (Å²) in [5.74, 6) is 0. The fourth-order valence-electron chi connectivity index (χ4n) is 3.35. The minimum Gasteiger partial charge on any atom is -0.334 e. The van der Waals surface area contributed by atoms with E-state index in [9.17, 15) is 4.79 Å². The molecule has 1 aliphatic rings. The van der Waals surface area contributed by atoms with E-state index in [2.05, 4.69) is 43.3 Å². The third kappa shape index (κ3) is 4.63. The SMILES string of the molecule is Cc1ccc(CN(C(=O)NCc2cnn(C(C)C)c2)C2CCCC2)s1. The second-order valence-corrected chi connectivity index (χ2v) is 8.53. The van der Waals surface area contributed by atoms with Crippen molar-refractivity contribution < 1.29 is 4.79 Å². The Labute approximate surface area is 154 Å². The van der Waals surface area contributed by atoms with E-state index in [1.807, 2.05) is 22.0 Å². The summed E-state index contributed by atoms with van der Waals surface area (Å²) >= 11 is 1.78. The first-order valence-corrected chi connectivity index (χ1v) is 9.97. The summed E-state index contributed by atoms with van der Waals surface area (Å²) in [5.41, 5.74) is 1.04. The van der Waals surface area contributed by atoms with Crippen LogP contribution in [-0.4, -0.2) is 26.8 Å². The van der Waals surface area contributed by atoms with Gasteiger partial charge in [-0.25, -0.2) is 4.79 Å². The van der Waals surface area contributed by atoms with Crippen LogP contribution >= 0.6 is 11.3 Å². The van der Waals surface area contributed by atoms with Gasteiger partial charge in [0.1, 0.15) is 0 Å². The van der Waals surface area contributed by atoms with Gasteiger partial charge in [-0.2, -0.15) is 5.10 Å². The van der Waals surface area contributed by atoms with Crippen LogP contribution in [-0.2, 0) is 13.1 Å². The number of rotatable bonds is 6. The molecule has 1 N–H and O–H groups in total. The first-order chi connectivity index (χ1) is 12.0. The summed E-state index contributed by atoms with van der Waals surface area (Å²) in [6.45, 7) is 7.54. The molecule has 1 aliphatic carbocycles. The number of nitrogens with zero attached hydrogens (tertiary/aromatic N) is 3. The fourth-order valence-corrected chi connectivity index (χ4v) is 4.24. The third-order valence-electron chi connectivity index (χ3n) is 4.78. The van der Waals surface area contributed by atoms with Crippen molar-refractivity contribution in [1.29, 1.82) is 0 Å². The predicted octanol–water partition coefficient (Wildman–Crippen LogP) is 4.49. The molecule has 0 bridgehead atoms. The van der Waals surface area contributed by atoms with Gasteiger partial charge in [0.15, 0.2) is 0 Å². The van der Waals surface area contributed by atoms with Crippen molar-refractivity contribution >= 4 is 17.4 Å². The van der Waals surface area contributed by atoms with E-state index in [1.54, 1.807) is 11.3 Å². The van der Waals surface area contributed by atoms with E-state index in [4.69, 9.17) is 0 Å². The molecular formula is C19H28N4OS. The van der Waals surface area contributed by atoms with E-state index in [0.717, 1.165) is 18.4 Å². The van der Waals surface area contributed by atoms with Crippen molar-refractivity contribution in [1.82, 2.24) is 20.0 Å². The first kappa shape index (κ1) is 18.0. The molecule has 3 rings (SSSR count). The Hall–Kier alpha value is -1.82. The molecule has 0 spiro atoms. The number of hydrogen-bond donors (Lipinski definition) is 1. The Morgan fingerprint density at radius 3 is 2.76 bits per heavy atom. The van der Waals surface area contributed by atoms with Crippen molar-refractivity contribution in [3.8, 4) is 0 Å². The van der Waals surface area contributed by atoms with Gasteiger partial charge in [0.05, 0.1) is 12.7 Å². The number of amides is 2. The maximum Gasteiger partial charge on any atom is 0.318 e. The van der Waals surface area contributed by atoms with E-state index >= 15 is 0 Å². The van der Waals surface area contributed by atoms with Crippen LogP contribution in [0.4, 0.5) is 4.79 Å². The van der Waals surface area contributed by atoms with Gasteiger partial charge in [-0.15, -0.1) is 11.3 Å². The smallest absolute Gasteiger partial charge is 0.318 e. The molecule has 0 saturated heterocycles. The Balaban J connectivity index is 1.63. The summed E-state index contributed by atoms with van der Waals surface area (Å²) in [4.78, 5) is 17.4. The molecule has 0 radical (unpaired) electrons. The van der Waals surface area contributed by atoms with Crippen LogP contribution in [0.2, 0.25) is 0 Å². The number of carbonyl (C=O) groups is 1. The molecular weight excluding hydrogens is 332 g/mol. The average Bonchev–Trinajstić information content (AvgIpc) is 3.32. The predicted molar refractivity (Wildman–Crippen MR) is 102 cm³/mol. The quantitative estimate of drug-likeness (QED) is 0.825. The molecule has 0 unspecified atom stereocenters. The lowest BCUT2D eigenvalue weighted by molar-refractivity contribution is 0.171. The highest BCUT2D eigenvalue weighted by Gasteiger charge is 2.27. The molecule has 2 amide bonds. The number of aryl methyl sites for hydroxylation is 1. The maximum absolute atomic E-state index is 12.8. The zero-order valence-corrected chi connectivity index (χ0v) is 16.2. The molecule has 1 saturated carbocycles. The fraction of sp³-hybridized carbons (Fsp3) is 0.579. The number of hydrogen-bond acceptors (Lipinski definition) is 3. The zero-order chi connectivity index (χ0) is 17.8. The van der Waals surface area contributed by atoms with Crippen molar-refractivity contribution in [2.24, 2.45) is 0 Å². The monoisotopic (exact) mass is 360 g/mol. The molecule has 2 heterocycles. The topological polar surface area (TPSA) is 50.2 Å². The Bertz CT molecular complexity index is 700. The molecule has 0 atom stereocenters. The van der Waals surface area contributed by atoms with E-state index in [-0.39, 0.29) is 6.03 Å². The summed E-state index contributed by atoms with van der Waals surface area (Å²) in [6, 6.07) is 5.00. The van der Waals surface area contributed by atoms with Gasteiger partial charge >= 0.3 is 6.03 Å². The minimum absolute atomic E-state index is 0.0373. The second-order valence-electron chi connectivity index (χ2n) is 7.16. The van der Waals surface area contributed by atoms with Crippen molar-refractivity contribution in [2.45, 2.75) is 71.6 Å². The Kier molecular flexibility index (Phi) is 5.78. The number of thiophene rings is 1. The summed E-state index contributed by atoms with van der Waals surface area (Å²) in [7, 11) is 0. The standard InChI is InChI=1S/C19H28N4OS/c1-14(2)23-12-16(11-21-23)10-20-19(24)22(17-6-4-5-7-17)13-18-9-8-15(3)25-18/h8-9,11-12,14,17H,4-7,10,13H2,1-3H3,(H,20,24). The van der Waals surface area contributed by atoms with Gasteiger partial charge in [0.2, 0.25) is 0 Å². The normalized spacial score (nSPS) is 15.0.